The molecule has 0 spiro atoms. The largest absolute Gasteiger partial charge is 0.256 e. The second-order valence-electron chi connectivity index (χ2n) is 18.0. The molecule has 0 bridgehead atoms. The van der Waals surface area contributed by atoms with E-state index in [0.29, 0.717) is 0 Å². The molecule has 4 heterocycles. The molecule has 4 heteroatoms. The van der Waals surface area contributed by atoms with Crippen molar-refractivity contribution < 1.29 is 0 Å². The van der Waals surface area contributed by atoms with Gasteiger partial charge in [-0.05, 0) is 140 Å². The number of hydrogen-bond acceptors (Lipinski definition) is 4. The number of fused-ring (bicyclic) bond motifs is 8. The Balaban J connectivity index is 0.000000113. The highest BCUT2D eigenvalue weighted by atomic mass is 14.7. The summed E-state index contributed by atoms with van der Waals surface area (Å²) >= 11 is 0. The number of benzene rings is 8. The van der Waals surface area contributed by atoms with Crippen molar-refractivity contribution in [1.82, 2.24) is 19.9 Å². The van der Waals surface area contributed by atoms with E-state index in [4.69, 9.17) is 0 Å². The third-order valence-electron chi connectivity index (χ3n) is 13.1. The van der Waals surface area contributed by atoms with Gasteiger partial charge in [0, 0.05) is 68.2 Å². The molecule has 8 aromatic carbocycles. The Morgan fingerprint density at radius 1 is 0.279 bits per heavy atom. The summed E-state index contributed by atoms with van der Waals surface area (Å²) in [5.74, 6) is 0. The van der Waals surface area contributed by atoms with Crippen LogP contribution >= 0.6 is 0 Å². The molecule has 0 radical (unpaired) electrons. The van der Waals surface area contributed by atoms with Crippen molar-refractivity contribution in [3.8, 4) is 22.5 Å². The van der Waals surface area contributed by atoms with Crippen LogP contribution in [0.15, 0.2) is 195 Å². The second-order valence-corrected chi connectivity index (χ2v) is 18.0. The van der Waals surface area contributed by atoms with Crippen LogP contribution in [-0.4, -0.2) is 19.9 Å². The molecule has 0 aliphatic rings. The van der Waals surface area contributed by atoms with E-state index >= 15 is 0 Å². The van der Waals surface area contributed by atoms with Crippen LogP contribution in [0.3, 0.4) is 0 Å². The van der Waals surface area contributed by atoms with E-state index in [2.05, 4.69) is 245 Å². The normalized spacial score (nSPS) is 10.9. The van der Waals surface area contributed by atoms with Crippen LogP contribution in [-0.2, 0) is 0 Å². The topological polar surface area (TPSA) is 51.6 Å². The van der Waals surface area contributed by atoms with Crippen molar-refractivity contribution in [2.24, 2.45) is 0 Å². The fourth-order valence-electron chi connectivity index (χ4n) is 8.99. The van der Waals surface area contributed by atoms with Gasteiger partial charge in [-0.3, -0.25) is 19.9 Å². The Hall–Kier alpha value is -8.08. The second kappa shape index (κ2) is 19.8. The van der Waals surface area contributed by atoms with Gasteiger partial charge in [-0.25, -0.2) is 0 Å². The lowest BCUT2D eigenvalue weighted by Crippen LogP contribution is -1.89. The van der Waals surface area contributed by atoms with Crippen LogP contribution in [0, 0.1) is 55.4 Å². The molecular weight excluding hydrogens is 825 g/mol. The van der Waals surface area contributed by atoms with Crippen molar-refractivity contribution >= 4 is 64.9 Å². The van der Waals surface area contributed by atoms with Gasteiger partial charge in [0.1, 0.15) is 0 Å². The van der Waals surface area contributed by atoms with Crippen molar-refractivity contribution in [3.05, 3.63) is 239 Å². The number of aromatic nitrogens is 4. The molecule has 332 valence electrons. The monoisotopic (exact) mass is 880 g/mol. The summed E-state index contributed by atoms with van der Waals surface area (Å²) in [5.41, 5.74) is 16.9. The fourth-order valence-corrected chi connectivity index (χ4v) is 8.99. The zero-order chi connectivity index (χ0) is 47.3. The standard InChI is InChI=1S/2C17H15N.2C15H13N/c1-12-6-5-7-14(10-12)17-16-9-4-3-8-15(16)13(2)11-18-17;1-12-7-8-15(11-13(12)2)17-16-6-4-3-5-14(16)9-10-18-17;1-10-8-12-6-7-13-11(2)4-3-5-14(13)15(12)16-9-10;1-10-9-16-15-13(11(10)2)8-7-12-5-3-4-6-14(12)15/h2*3-11H,1-2H3;2*3-9H,1-2H3. The summed E-state index contributed by atoms with van der Waals surface area (Å²) in [4.78, 5) is 18.3. The van der Waals surface area contributed by atoms with Gasteiger partial charge in [-0.2, -0.15) is 0 Å². The first-order valence-corrected chi connectivity index (χ1v) is 23.3. The maximum Gasteiger partial charge on any atom is 0.0783 e. The fraction of sp³-hybridized carbons (Fsp3) is 0.125. The molecule has 0 amide bonds. The maximum atomic E-state index is 4.62. The number of hydrogen-bond donors (Lipinski definition) is 0. The van der Waals surface area contributed by atoms with E-state index < -0.39 is 0 Å². The first-order valence-electron chi connectivity index (χ1n) is 23.3. The van der Waals surface area contributed by atoms with Crippen LogP contribution in [0.2, 0.25) is 0 Å². The highest BCUT2D eigenvalue weighted by molar-refractivity contribution is 6.07. The molecule has 0 saturated carbocycles. The zero-order valence-electron chi connectivity index (χ0n) is 40.3. The summed E-state index contributed by atoms with van der Waals surface area (Å²) in [6.07, 6.45) is 7.74. The molecular formula is C64H56N4. The Morgan fingerprint density at radius 3 is 1.66 bits per heavy atom. The van der Waals surface area contributed by atoms with E-state index in [1.54, 1.807) is 0 Å². The Morgan fingerprint density at radius 2 is 0.882 bits per heavy atom. The lowest BCUT2D eigenvalue weighted by atomic mass is 10.0. The smallest absolute Gasteiger partial charge is 0.0783 e. The van der Waals surface area contributed by atoms with Gasteiger partial charge < -0.3 is 0 Å². The predicted molar refractivity (Wildman–Crippen MR) is 291 cm³/mol. The number of pyridine rings is 4. The Labute approximate surface area is 400 Å². The Kier molecular flexibility index (Phi) is 13.1. The highest BCUT2D eigenvalue weighted by Gasteiger charge is 2.09. The van der Waals surface area contributed by atoms with Crippen LogP contribution in [0.1, 0.15) is 44.5 Å². The molecule has 0 fully saturated rings. The van der Waals surface area contributed by atoms with Gasteiger partial charge in [-0.15, -0.1) is 0 Å². The van der Waals surface area contributed by atoms with E-state index in [9.17, 15) is 0 Å². The van der Waals surface area contributed by atoms with Gasteiger partial charge in [0.2, 0.25) is 0 Å². The van der Waals surface area contributed by atoms with E-state index in [0.717, 1.165) is 22.4 Å². The quantitative estimate of drug-likeness (QED) is 0.162. The molecule has 4 aromatic heterocycles. The summed E-state index contributed by atoms with van der Waals surface area (Å²) in [5, 5.41) is 12.5. The van der Waals surface area contributed by atoms with Crippen molar-refractivity contribution in [2.75, 3.05) is 0 Å². The molecule has 0 saturated heterocycles. The Bertz CT molecular complexity index is 3790. The molecule has 0 unspecified atom stereocenters. The molecule has 68 heavy (non-hydrogen) atoms. The summed E-state index contributed by atoms with van der Waals surface area (Å²) in [6, 6.07) is 59.6. The predicted octanol–water partition coefficient (Wildman–Crippen LogP) is 17.0. The van der Waals surface area contributed by atoms with Crippen LogP contribution < -0.4 is 0 Å². The van der Waals surface area contributed by atoms with Gasteiger partial charge in [0.25, 0.3) is 0 Å². The first-order chi connectivity index (χ1) is 33.0. The maximum absolute atomic E-state index is 4.62. The molecule has 0 aliphatic heterocycles. The van der Waals surface area contributed by atoms with Crippen LogP contribution in [0.5, 0.6) is 0 Å². The average Bonchev–Trinajstić information content (AvgIpc) is 3.36. The summed E-state index contributed by atoms with van der Waals surface area (Å²) in [7, 11) is 0. The van der Waals surface area contributed by atoms with Crippen molar-refractivity contribution in [2.45, 2.75) is 55.4 Å². The van der Waals surface area contributed by atoms with E-state index in [1.807, 2.05) is 24.8 Å². The number of nitrogens with zero attached hydrogens (tertiary/aromatic N) is 4. The molecule has 4 nitrogen and oxygen atoms in total. The average molecular weight is 881 g/mol. The molecule has 12 rings (SSSR count). The van der Waals surface area contributed by atoms with E-state index in [1.165, 1.54) is 109 Å². The zero-order valence-corrected chi connectivity index (χ0v) is 40.3. The summed E-state index contributed by atoms with van der Waals surface area (Å²) in [6.45, 7) is 17.0. The van der Waals surface area contributed by atoms with Gasteiger partial charge >= 0.3 is 0 Å². The lowest BCUT2D eigenvalue weighted by Gasteiger charge is -2.08. The van der Waals surface area contributed by atoms with Crippen molar-refractivity contribution in [3.63, 3.8) is 0 Å². The van der Waals surface area contributed by atoms with Gasteiger partial charge in [0.05, 0.1) is 22.4 Å². The summed E-state index contributed by atoms with van der Waals surface area (Å²) < 4.78 is 0. The molecule has 0 N–H and O–H groups in total. The third-order valence-corrected chi connectivity index (χ3v) is 13.1. The highest BCUT2D eigenvalue weighted by Crippen LogP contribution is 2.31. The molecule has 0 atom stereocenters. The van der Waals surface area contributed by atoms with Crippen LogP contribution in [0.4, 0.5) is 0 Å². The number of aryl methyl sites for hydroxylation is 8. The minimum atomic E-state index is 1.07. The molecule has 0 aliphatic carbocycles. The minimum absolute atomic E-state index is 1.07. The SMILES string of the molecule is Cc1ccc(-c2nccc3ccccc23)cc1C.Cc1cccc(-c2ncc(C)c3ccccc23)c1.Cc1cnc2c(ccc3c(C)cccc32)c1.Cc1cnc2c(ccc3ccccc32)c1C. The lowest BCUT2D eigenvalue weighted by molar-refractivity contribution is 1.28. The minimum Gasteiger partial charge on any atom is -0.256 e. The van der Waals surface area contributed by atoms with E-state index in [-0.39, 0.29) is 0 Å². The number of rotatable bonds is 2. The van der Waals surface area contributed by atoms with Gasteiger partial charge in [-0.1, -0.05) is 151 Å². The third kappa shape index (κ3) is 9.45. The first kappa shape index (κ1) is 45.1. The van der Waals surface area contributed by atoms with Gasteiger partial charge in [0.15, 0.2) is 0 Å². The van der Waals surface area contributed by atoms with Crippen molar-refractivity contribution in [1.29, 1.82) is 0 Å². The van der Waals surface area contributed by atoms with Crippen LogP contribution in [0.25, 0.3) is 87.4 Å². The molecule has 12 aromatic rings.